The zero-order valence-corrected chi connectivity index (χ0v) is 10.6. The minimum atomic E-state index is -0.619. The van der Waals surface area contributed by atoms with Gasteiger partial charge in [-0.15, -0.1) is 6.58 Å². The molecule has 5 nitrogen and oxygen atoms in total. The van der Waals surface area contributed by atoms with Gasteiger partial charge >= 0.3 is 0 Å². The Morgan fingerprint density at radius 2 is 2.33 bits per heavy atom. The van der Waals surface area contributed by atoms with E-state index in [-0.39, 0.29) is 28.2 Å². The summed E-state index contributed by atoms with van der Waals surface area (Å²) in [6, 6.07) is 3.88. The van der Waals surface area contributed by atoms with E-state index in [4.69, 9.17) is 11.6 Å². The van der Waals surface area contributed by atoms with Gasteiger partial charge in [-0.05, 0) is 25.5 Å². The highest BCUT2D eigenvalue weighted by atomic mass is 35.5. The van der Waals surface area contributed by atoms with Crippen LogP contribution in [0.2, 0.25) is 5.02 Å². The van der Waals surface area contributed by atoms with Gasteiger partial charge in [-0.2, -0.15) is 0 Å². The summed E-state index contributed by atoms with van der Waals surface area (Å²) in [5, 5.41) is 13.4. The number of nitro groups is 1. The van der Waals surface area contributed by atoms with Crippen molar-refractivity contribution in [3.63, 3.8) is 0 Å². The summed E-state index contributed by atoms with van der Waals surface area (Å²) in [6.07, 6.45) is 2.32. The van der Waals surface area contributed by atoms with Crippen LogP contribution in [0.25, 0.3) is 0 Å². The van der Waals surface area contributed by atoms with E-state index in [2.05, 4.69) is 11.9 Å². The van der Waals surface area contributed by atoms with Crippen molar-refractivity contribution in [1.82, 2.24) is 5.32 Å². The van der Waals surface area contributed by atoms with Crippen LogP contribution in [-0.2, 0) is 0 Å². The number of nitrogens with one attached hydrogen (secondary N) is 1. The van der Waals surface area contributed by atoms with E-state index >= 15 is 0 Å². The maximum Gasteiger partial charge on any atom is 0.288 e. The van der Waals surface area contributed by atoms with Crippen molar-refractivity contribution in [3.8, 4) is 0 Å². The number of rotatable bonds is 5. The van der Waals surface area contributed by atoms with Gasteiger partial charge in [0.05, 0.1) is 4.92 Å². The average molecular weight is 269 g/mol. The lowest BCUT2D eigenvalue weighted by Crippen LogP contribution is -2.32. The molecule has 0 saturated carbocycles. The molecule has 0 aliphatic carbocycles. The number of nitro benzene ring substituents is 1. The summed E-state index contributed by atoms with van der Waals surface area (Å²) in [5.41, 5.74) is -0.0669. The van der Waals surface area contributed by atoms with Crippen molar-refractivity contribution in [2.24, 2.45) is 0 Å². The maximum absolute atomic E-state index is 11.8. The minimum Gasteiger partial charge on any atom is -0.349 e. The molecule has 0 fully saturated rings. The summed E-state index contributed by atoms with van der Waals surface area (Å²) in [6.45, 7) is 5.39. The molecule has 0 bridgehead atoms. The van der Waals surface area contributed by atoms with Crippen LogP contribution in [0, 0.1) is 10.1 Å². The van der Waals surface area contributed by atoms with E-state index in [1.54, 1.807) is 6.08 Å². The fourth-order valence-corrected chi connectivity index (χ4v) is 1.60. The molecule has 1 atom stereocenters. The standard InChI is InChI=1S/C12H13ClN2O3/c1-3-4-8(2)14-12(16)9-5-6-10(13)11(7-9)15(17)18/h3,5-8H,1,4H2,2H3,(H,14,16). The quantitative estimate of drug-likeness (QED) is 0.507. The van der Waals surface area contributed by atoms with Gasteiger partial charge in [0.1, 0.15) is 5.02 Å². The molecule has 96 valence electrons. The van der Waals surface area contributed by atoms with E-state index in [1.807, 2.05) is 6.92 Å². The molecule has 1 amide bonds. The fourth-order valence-electron chi connectivity index (χ4n) is 1.41. The highest BCUT2D eigenvalue weighted by Crippen LogP contribution is 2.25. The van der Waals surface area contributed by atoms with E-state index in [1.165, 1.54) is 12.1 Å². The highest BCUT2D eigenvalue weighted by molar-refractivity contribution is 6.32. The van der Waals surface area contributed by atoms with Crippen LogP contribution in [0.5, 0.6) is 0 Å². The van der Waals surface area contributed by atoms with Crippen LogP contribution < -0.4 is 5.32 Å². The second kappa shape index (κ2) is 6.16. The molecule has 0 aliphatic heterocycles. The minimum absolute atomic E-state index is 0.00990. The van der Waals surface area contributed by atoms with Gasteiger partial charge in [0.2, 0.25) is 0 Å². The van der Waals surface area contributed by atoms with Crippen molar-refractivity contribution in [1.29, 1.82) is 0 Å². The van der Waals surface area contributed by atoms with Crippen LogP contribution in [0.15, 0.2) is 30.9 Å². The lowest BCUT2D eigenvalue weighted by Gasteiger charge is -2.11. The second-order valence-corrected chi connectivity index (χ2v) is 4.23. The molecule has 6 heteroatoms. The number of hydrogen-bond acceptors (Lipinski definition) is 3. The smallest absolute Gasteiger partial charge is 0.288 e. The summed E-state index contributed by atoms with van der Waals surface area (Å²) in [4.78, 5) is 21.9. The lowest BCUT2D eigenvalue weighted by atomic mass is 10.1. The molecule has 1 aromatic carbocycles. The molecule has 1 aromatic rings. The molecule has 0 heterocycles. The topological polar surface area (TPSA) is 72.2 Å². The zero-order valence-electron chi connectivity index (χ0n) is 9.85. The number of hydrogen-bond donors (Lipinski definition) is 1. The van der Waals surface area contributed by atoms with Crippen LogP contribution in [0.3, 0.4) is 0 Å². The Balaban J connectivity index is 2.90. The van der Waals surface area contributed by atoms with Crippen LogP contribution in [-0.4, -0.2) is 16.9 Å². The molecule has 0 radical (unpaired) electrons. The van der Waals surface area contributed by atoms with Gasteiger partial charge in [0.25, 0.3) is 11.6 Å². The molecule has 18 heavy (non-hydrogen) atoms. The van der Waals surface area contributed by atoms with E-state index in [9.17, 15) is 14.9 Å². The van der Waals surface area contributed by atoms with Crippen LogP contribution in [0.4, 0.5) is 5.69 Å². The van der Waals surface area contributed by atoms with Crippen LogP contribution >= 0.6 is 11.6 Å². The Bertz CT molecular complexity index is 488. The van der Waals surface area contributed by atoms with Crippen molar-refractivity contribution < 1.29 is 9.72 Å². The predicted octanol–water partition coefficient (Wildman–Crippen LogP) is 2.94. The van der Waals surface area contributed by atoms with E-state index in [0.717, 1.165) is 6.07 Å². The highest BCUT2D eigenvalue weighted by Gasteiger charge is 2.16. The largest absolute Gasteiger partial charge is 0.349 e. The molecule has 0 aliphatic rings. The van der Waals surface area contributed by atoms with E-state index < -0.39 is 4.92 Å². The van der Waals surface area contributed by atoms with Gasteiger partial charge in [-0.3, -0.25) is 14.9 Å². The van der Waals surface area contributed by atoms with Gasteiger partial charge in [-0.1, -0.05) is 17.7 Å². The third kappa shape index (κ3) is 3.56. The molecular weight excluding hydrogens is 256 g/mol. The summed E-state index contributed by atoms with van der Waals surface area (Å²) >= 11 is 5.66. The Morgan fingerprint density at radius 3 is 2.89 bits per heavy atom. The number of halogens is 1. The fraction of sp³-hybridized carbons (Fsp3) is 0.250. The summed E-state index contributed by atoms with van der Waals surface area (Å²) in [7, 11) is 0. The third-order valence-corrected chi connectivity index (χ3v) is 2.62. The number of carbonyl (C=O) groups is 1. The molecule has 0 saturated heterocycles. The molecular formula is C12H13ClN2O3. The molecule has 1 unspecified atom stereocenters. The zero-order chi connectivity index (χ0) is 13.7. The Morgan fingerprint density at radius 1 is 1.67 bits per heavy atom. The Kier molecular flexibility index (Phi) is 4.85. The van der Waals surface area contributed by atoms with Gasteiger partial charge in [0.15, 0.2) is 0 Å². The second-order valence-electron chi connectivity index (χ2n) is 3.82. The van der Waals surface area contributed by atoms with Gasteiger partial charge < -0.3 is 5.32 Å². The Labute approximate surface area is 110 Å². The number of carbonyl (C=O) groups excluding carboxylic acids is 1. The van der Waals surface area contributed by atoms with E-state index in [0.29, 0.717) is 6.42 Å². The van der Waals surface area contributed by atoms with Gasteiger partial charge in [0, 0.05) is 17.7 Å². The number of benzene rings is 1. The molecule has 0 spiro atoms. The Hall–Kier alpha value is -1.88. The first kappa shape index (κ1) is 14.2. The monoisotopic (exact) mass is 268 g/mol. The molecule has 0 aromatic heterocycles. The van der Waals surface area contributed by atoms with Crippen LogP contribution in [0.1, 0.15) is 23.7 Å². The first-order chi connectivity index (χ1) is 8.45. The molecule has 1 rings (SSSR count). The normalized spacial score (nSPS) is 11.7. The first-order valence-corrected chi connectivity index (χ1v) is 5.69. The van der Waals surface area contributed by atoms with Crippen molar-refractivity contribution in [2.45, 2.75) is 19.4 Å². The molecule has 1 N–H and O–H groups in total. The number of nitrogens with zero attached hydrogens (tertiary/aromatic N) is 1. The van der Waals surface area contributed by atoms with Crippen molar-refractivity contribution >= 4 is 23.2 Å². The third-order valence-electron chi connectivity index (χ3n) is 2.30. The first-order valence-electron chi connectivity index (χ1n) is 5.31. The van der Waals surface area contributed by atoms with Crippen molar-refractivity contribution in [2.75, 3.05) is 0 Å². The lowest BCUT2D eigenvalue weighted by molar-refractivity contribution is -0.384. The SMILES string of the molecule is C=CCC(C)NC(=O)c1ccc(Cl)c([N+](=O)[O-])c1. The number of amides is 1. The predicted molar refractivity (Wildman–Crippen MR) is 69.8 cm³/mol. The average Bonchev–Trinajstić information content (AvgIpc) is 2.29. The van der Waals surface area contributed by atoms with Crippen molar-refractivity contribution in [3.05, 3.63) is 51.6 Å². The summed E-state index contributed by atoms with van der Waals surface area (Å²) in [5.74, 6) is -0.371. The van der Waals surface area contributed by atoms with Gasteiger partial charge in [-0.25, -0.2) is 0 Å². The maximum atomic E-state index is 11.8. The summed E-state index contributed by atoms with van der Waals surface area (Å²) < 4.78 is 0.